The van der Waals surface area contributed by atoms with Crippen LogP contribution in [0, 0.1) is 12.8 Å². The molecule has 2 aromatic rings. The molecule has 2 aromatic heterocycles. The van der Waals surface area contributed by atoms with Gasteiger partial charge in [-0.05, 0) is 69.8 Å². The summed E-state index contributed by atoms with van der Waals surface area (Å²) in [6, 6.07) is 1.96. The van der Waals surface area contributed by atoms with Gasteiger partial charge in [-0.15, -0.1) is 0 Å². The first-order valence-corrected chi connectivity index (χ1v) is 11.7. The lowest BCUT2D eigenvalue weighted by atomic mass is 9.91. The Hall–Kier alpha value is -2.01. The van der Waals surface area contributed by atoms with Gasteiger partial charge in [-0.25, -0.2) is 9.99 Å². The van der Waals surface area contributed by atoms with Gasteiger partial charge in [0.25, 0.3) is 0 Å². The lowest BCUT2D eigenvalue weighted by Crippen LogP contribution is -2.36. The number of aryl methyl sites for hydroxylation is 1. The second-order valence-corrected chi connectivity index (χ2v) is 9.75. The van der Waals surface area contributed by atoms with Crippen molar-refractivity contribution >= 4 is 43.3 Å². The number of carbonyl (C=O) groups excluding carboxylic acids is 1. The smallest absolute Gasteiger partial charge is 0.230 e. The van der Waals surface area contributed by atoms with Gasteiger partial charge in [-0.3, -0.25) is 4.79 Å². The number of hydrogen-bond donors (Lipinski definition) is 0. The van der Waals surface area contributed by atoms with Gasteiger partial charge < -0.3 is 9.30 Å². The summed E-state index contributed by atoms with van der Waals surface area (Å²) in [6.07, 6.45) is 13.4. The summed E-state index contributed by atoms with van der Waals surface area (Å²) in [5.74, 6) is 0.346. The molecule has 0 radical (unpaired) electrons. The van der Waals surface area contributed by atoms with Crippen LogP contribution in [0.15, 0.2) is 41.8 Å². The van der Waals surface area contributed by atoms with E-state index in [4.69, 9.17) is 16.7 Å². The number of allylic oxidation sites excluding steroid dienone is 2. The number of halogens is 1. The molecule has 1 amide bonds. The average molecular weight is 444 g/mol. The molecule has 2 atom stereocenters. The molecule has 1 fully saturated rings. The lowest BCUT2D eigenvalue weighted by Gasteiger charge is -2.32. The Morgan fingerprint density at radius 1 is 1.30 bits per heavy atom. The fourth-order valence-corrected chi connectivity index (χ4v) is 5.54. The minimum atomic E-state index is -0.0808. The van der Waals surface area contributed by atoms with Crippen LogP contribution in [0.1, 0.15) is 31.0 Å². The summed E-state index contributed by atoms with van der Waals surface area (Å²) in [7, 11) is 2.52. The highest BCUT2D eigenvalue weighted by molar-refractivity contribution is 7.51. The average Bonchev–Trinajstić information content (AvgIpc) is 3.13. The highest BCUT2D eigenvalue weighted by atomic mass is 35.5. The topological polar surface area (TPSA) is 53.2 Å². The van der Waals surface area contributed by atoms with E-state index in [1.807, 2.05) is 30.5 Å². The Kier molecular flexibility index (Phi) is 6.37. The van der Waals surface area contributed by atoms with Crippen LogP contribution in [0.5, 0.6) is 0 Å². The second-order valence-electron chi connectivity index (χ2n) is 7.93. The number of carbonyl (C=O) groups is 1. The molecular formula is C22H27ClN5OP. The number of amides is 1. The van der Waals surface area contributed by atoms with Gasteiger partial charge in [0.15, 0.2) is 5.65 Å². The fourth-order valence-electron chi connectivity index (χ4n) is 4.05. The molecule has 2 unspecified atom stereocenters. The maximum Gasteiger partial charge on any atom is 0.230 e. The van der Waals surface area contributed by atoms with Crippen LogP contribution >= 0.6 is 20.2 Å². The van der Waals surface area contributed by atoms with Crippen LogP contribution in [0.25, 0.3) is 11.0 Å². The Balaban J connectivity index is 1.53. The van der Waals surface area contributed by atoms with E-state index in [-0.39, 0.29) is 5.78 Å². The van der Waals surface area contributed by atoms with Gasteiger partial charge in [-0.1, -0.05) is 32.3 Å². The predicted octanol–water partition coefficient (Wildman–Crippen LogP) is 4.39. The summed E-state index contributed by atoms with van der Waals surface area (Å²) in [4.78, 5) is 18.6. The first-order valence-electron chi connectivity index (χ1n) is 10.3. The van der Waals surface area contributed by atoms with Crippen molar-refractivity contribution in [2.75, 3.05) is 20.1 Å². The predicted molar refractivity (Wildman–Crippen MR) is 125 cm³/mol. The minimum Gasteiger partial charge on any atom is -0.306 e. The van der Waals surface area contributed by atoms with Gasteiger partial charge in [0.1, 0.15) is 0 Å². The molecule has 0 aliphatic carbocycles. The molecular weight excluding hydrogens is 417 g/mol. The van der Waals surface area contributed by atoms with Crippen LogP contribution in [0.2, 0.25) is 5.02 Å². The third kappa shape index (κ3) is 4.36. The van der Waals surface area contributed by atoms with Crippen LogP contribution in [-0.4, -0.2) is 57.3 Å². The van der Waals surface area contributed by atoms with Crippen LogP contribution in [0.3, 0.4) is 0 Å². The molecule has 2 aliphatic heterocycles. The number of fused-ring (bicyclic) bond motifs is 1. The van der Waals surface area contributed by atoms with Gasteiger partial charge in [0, 0.05) is 18.3 Å². The van der Waals surface area contributed by atoms with E-state index in [1.165, 1.54) is 0 Å². The first-order chi connectivity index (χ1) is 14.5. The minimum absolute atomic E-state index is 0.0808. The number of imidazole rings is 1. The first kappa shape index (κ1) is 21.2. The SMILES string of the molecule is C/C=C(\PC1C=CC(C2CCN(C)CC2)=NN1C=O)c1cc(Cl)c2nc(C)cn2c1. The number of rotatable bonds is 5. The molecule has 0 spiro atoms. The van der Waals surface area contributed by atoms with E-state index in [2.05, 4.69) is 41.4 Å². The van der Waals surface area contributed by atoms with Crippen molar-refractivity contribution in [3.05, 3.63) is 53.0 Å². The van der Waals surface area contributed by atoms with Crippen molar-refractivity contribution < 1.29 is 4.79 Å². The standard InChI is InChI=1S/C22H27ClN5OP/c1-4-20(17-11-18(23)22-24-15(2)12-27(22)13-17)30-21-6-5-19(25-28(21)14-29)16-7-9-26(3)10-8-16/h4-6,11-14,16,21,30H,7-10H2,1-3H3/b20-4-. The quantitative estimate of drug-likeness (QED) is 0.508. The van der Waals surface area contributed by atoms with Crippen molar-refractivity contribution in [1.29, 1.82) is 0 Å². The highest BCUT2D eigenvalue weighted by Crippen LogP contribution is 2.41. The zero-order valence-corrected chi connectivity index (χ0v) is 19.3. The molecule has 1 saturated heterocycles. The number of aromatic nitrogens is 2. The molecule has 4 rings (SSSR count). The van der Waals surface area contributed by atoms with Crippen molar-refractivity contribution in [2.45, 2.75) is 32.5 Å². The molecule has 6 nitrogen and oxygen atoms in total. The van der Waals surface area contributed by atoms with Crippen molar-refractivity contribution in [3.63, 3.8) is 0 Å². The summed E-state index contributed by atoms with van der Waals surface area (Å²) >= 11 is 6.48. The summed E-state index contributed by atoms with van der Waals surface area (Å²) in [5, 5.41) is 8.04. The maximum absolute atomic E-state index is 11.8. The zero-order chi connectivity index (χ0) is 21.3. The van der Waals surface area contributed by atoms with Gasteiger partial charge in [-0.2, -0.15) is 5.10 Å². The Morgan fingerprint density at radius 2 is 2.07 bits per heavy atom. The molecule has 0 bridgehead atoms. The number of nitrogens with zero attached hydrogens (tertiary/aromatic N) is 5. The molecule has 2 aliphatic rings. The monoisotopic (exact) mass is 443 g/mol. The van der Waals surface area contributed by atoms with Crippen LogP contribution < -0.4 is 0 Å². The third-order valence-corrected chi connectivity index (χ3v) is 7.66. The van der Waals surface area contributed by atoms with Gasteiger partial charge in [0.2, 0.25) is 6.41 Å². The maximum atomic E-state index is 11.8. The Bertz CT molecular complexity index is 1040. The largest absolute Gasteiger partial charge is 0.306 e. The number of piperidine rings is 1. The number of pyridine rings is 1. The van der Waals surface area contributed by atoms with E-state index in [1.54, 1.807) is 5.01 Å². The van der Waals surface area contributed by atoms with Crippen LogP contribution in [-0.2, 0) is 4.79 Å². The molecule has 8 heteroatoms. The Morgan fingerprint density at radius 3 is 2.77 bits per heavy atom. The molecule has 30 heavy (non-hydrogen) atoms. The van der Waals surface area contributed by atoms with E-state index in [0.717, 1.165) is 60.3 Å². The lowest BCUT2D eigenvalue weighted by molar-refractivity contribution is -0.118. The van der Waals surface area contributed by atoms with Crippen molar-refractivity contribution in [2.24, 2.45) is 11.0 Å². The van der Waals surface area contributed by atoms with E-state index in [9.17, 15) is 4.79 Å². The van der Waals surface area contributed by atoms with Crippen molar-refractivity contribution in [1.82, 2.24) is 19.3 Å². The van der Waals surface area contributed by atoms with Crippen molar-refractivity contribution in [3.8, 4) is 0 Å². The van der Waals surface area contributed by atoms with E-state index < -0.39 is 0 Å². The van der Waals surface area contributed by atoms with E-state index in [0.29, 0.717) is 19.5 Å². The van der Waals surface area contributed by atoms with E-state index >= 15 is 0 Å². The summed E-state index contributed by atoms with van der Waals surface area (Å²) < 4.78 is 1.96. The zero-order valence-electron chi connectivity index (χ0n) is 17.5. The highest BCUT2D eigenvalue weighted by Gasteiger charge is 2.26. The third-order valence-electron chi connectivity index (χ3n) is 5.74. The van der Waals surface area contributed by atoms with Gasteiger partial charge in [0.05, 0.1) is 22.2 Å². The fraction of sp³-hybridized carbons (Fsp3) is 0.409. The van der Waals surface area contributed by atoms with Gasteiger partial charge >= 0.3 is 0 Å². The number of likely N-dealkylation sites (tertiary alicyclic amines) is 1. The normalized spacial score (nSPS) is 21.7. The Labute approximate surface area is 184 Å². The summed E-state index contributed by atoms with van der Waals surface area (Å²) in [6.45, 7) is 6.12. The number of hydrazone groups is 1. The number of hydrogen-bond acceptors (Lipinski definition) is 4. The summed E-state index contributed by atoms with van der Waals surface area (Å²) in [5.41, 5.74) is 3.75. The van der Waals surface area contributed by atoms with Crippen LogP contribution in [0.4, 0.5) is 0 Å². The molecule has 0 N–H and O–H groups in total. The molecule has 4 heterocycles. The molecule has 0 saturated carbocycles. The molecule has 158 valence electrons. The molecule has 0 aromatic carbocycles. The second kappa shape index (κ2) is 9.01.